The Morgan fingerprint density at radius 3 is 2.00 bits per heavy atom. The number of para-hydroxylation sites is 1. The number of nitrogens with two attached hydrogens (primary N) is 1. The van der Waals surface area contributed by atoms with Crippen molar-refractivity contribution in [2.75, 3.05) is 0 Å². The molecule has 0 aromatic heterocycles. The zero-order valence-corrected chi connectivity index (χ0v) is 9.23. The highest BCUT2D eigenvalue weighted by Crippen LogP contribution is 2.38. The quantitative estimate of drug-likeness (QED) is 0.864. The number of benzene rings is 1. The molecule has 0 radical (unpaired) electrons. The minimum absolute atomic E-state index is 0.638. The van der Waals surface area contributed by atoms with E-state index in [0.717, 1.165) is 18.2 Å². The predicted molar refractivity (Wildman–Crippen MR) is 49.4 cm³/mol. The molecule has 1 rings (SSSR count). The van der Waals surface area contributed by atoms with Gasteiger partial charge in [-0.05, 0) is 12.1 Å². The highest BCUT2D eigenvalue weighted by atomic mass is 32.2. The summed E-state index contributed by atoms with van der Waals surface area (Å²) in [5.41, 5.74) is 0. The lowest BCUT2D eigenvalue weighted by atomic mass is 10.3. The van der Waals surface area contributed by atoms with Gasteiger partial charge in [-0.1, -0.05) is 12.1 Å². The summed E-state index contributed by atoms with van der Waals surface area (Å²) in [6.45, 7) is 0. The minimum Gasteiger partial charge on any atom is -0.424 e. The van der Waals surface area contributed by atoms with Crippen molar-refractivity contribution in [1.29, 1.82) is 0 Å². The largest absolute Gasteiger partial charge is 0.499 e. The number of halogens is 5. The van der Waals surface area contributed by atoms with E-state index < -0.39 is 33.0 Å². The van der Waals surface area contributed by atoms with Crippen LogP contribution in [0.1, 0.15) is 0 Å². The predicted octanol–water partition coefficient (Wildman–Crippen LogP) is 1.87. The maximum absolute atomic E-state index is 12.6. The van der Waals surface area contributed by atoms with Crippen LogP contribution in [0.15, 0.2) is 29.2 Å². The molecule has 0 unspecified atom stereocenters. The molecule has 0 fully saturated rings. The Bertz CT molecular complexity index is 540. The van der Waals surface area contributed by atoms with E-state index in [9.17, 15) is 30.4 Å². The van der Waals surface area contributed by atoms with Crippen LogP contribution in [0.3, 0.4) is 0 Å². The summed E-state index contributed by atoms with van der Waals surface area (Å²) in [6, 6.07) is 3.51. The van der Waals surface area contributed by atoms with Gasteiger partial charge in [0.1, 0.15) is 10.6 Å². The summed E-state index contributed by atoms with van der Waals surface area (Å²) in [5, 5.41) is 4.65. The number of ether oxygens (including phenoxy) is 1. The zero-order chi connectivity index (χ0) is 14.2. The molecule has 0 aliphatic carbocycles. The Hall–Kier alpha value is -1.42. The monoisotopic (exact) mass is 291 g/mol. The second kappa shape index (κ2) is 4.35. The van der Waals surface area contributed by atoms with Gasteiger partial charge in [0.25, 0.3) is 0 Å². The number of sulfonamides is 1. The number of hydrogen-bond acceptors (Lipinski definition) is 3. The molecule has 0 spiro atoms. The lowest BCUT2D eigenvalue weighted by Crippen LogP contribution is -2.42. The first-order chi connectivity index (χ1) is 7.95. The van der Waals surface area contributed by atoms with Gasteiger partial charge in [-0.25, -0.2) is 13.6 Å². The van der Waals surface area contributed by atoms with Crippen LogP contribution in [0, 0.1) is 0 Å². The van der Waals surface area contributed by atoms with Crippen LogP contribution in [0.2, 0.25) is 0 Å². The van der Waals surface area contributed by atoms with Crippen molar-refractivity contribution in [2.24, 2.45) is 5.14 Å². The molecule has 0 amide bonds. The number of primary sulfonamides is 1. The summed E-state index contributed by atoms with van der Waals surface area (Å²) in [6.07, 6.45) is -11.5. The standard InChI is InChI=1S/C8H6F5NO3S/c9-7(10,11)8(12,13)17-5-3-1-2-4-6(5)18(14,15)16/h1-4H,(H2,14,15,16). The molecular formula is C8H6F5NO3S. The molecule has 0 aliphatic heterocycles. The molecule has 0 heterocycles. The van der Waals surface area contributed by atoms with Crippen molar-refractivity contribution in [2.45, 2.75) is 17.2 Å². The average molecular weight is 291 g/mol. The van der Waals surface area contributed by atoms with Crippen molar-refractivity contribution >= 4 is 10.0 Å². The van der Waals surface area contributed by atoms with Crippen molar-refractivity contribution in [3.8, 4) is 5.75 Å². The smallest absolute Gasteiger partial charge is 0.424 e. The first-order valence-electron chi connectivity index (χ1n) is 4.20. The van der Waals surface area contributed by atoms with Gasteiger partial charge in [-0.2, -0.15) is 22.0 Å². The van der Waals surface area contributed by atoms with E-state index in [2.05, 4.69) is 9.88 Å². The van der Waals surface area contributed by atoms with Crippen LogP contribution in [-0.2, 0) is 10.0 Å². The maximum Gasteiger partial charge on any atom is 0.499 e. The van der Waals surface area contributed by atoms with E-state index in [1.807, 2.05) is 0 Å². The second-order valence-electron chi connectivity index (χ2n) is 3.11. The fraction of sp³-hybridized carbons (Fsp3) is 0.250. The molecule has 10 heteroatoms. The van der Waals surface area contributed by atoms with Gasteiger partial charge in [0.05, 0.1) is 0 Å². The van der Waals surface area contributed by atoms with Gasteiger partial charge in [0.15, 0.2) is 0 Å². The Balaban J connectivity index is 3.22. The molecule has 0 aliphatic rings. The van der Waals surface area contributed by atoms with Crippen molar-refractivity contribution in [1.82, 2.24) is 0 Å². The first kappa shape index (κ1) is 14.6. The molecule has 0 bridgehead atoms. The minimum atomic E-state index is -5.97. The molecule has 1 aromatic carbocycles. The van der Waals surface area contributed by atoms with Gasteiger partial charge in [-0.15, -0.1) is 0 Å². The molecule has 0 saturated heterocycles. The summed E-state index contributed by atoms with van der Waals surface area (Å²) < 4.78 is 86.2. The topological polar surface area (TPSA) is 69.4 Å². The van der Waals surface area contributed by atoms with Crippen molar-refractivity contribution in [3.05, 3.63) is 24.3 Å². The number of rotatable bonds is 3. The average Bonchev–Trinajstić information content (AvgIpc) is 2.14. The fourth-order valence-electron chi connectivity index (χ4n) is 0.965. The second-order valence-corrected chi connectivity index (χ2v) is 4.64. The van der Waals surface area contributed by atoms with E-state index in [-0.39, 0.29) is 0 Å². The van der Waals surface area contributed by atoms with Crippen molar-refractivity contribution in [3.63, 3.8) is 0 Å². The van der Waals surface area contributed by atoms with Crippen LogP contribution in [-0.4, -0.2) is 20.7 Å². The summed E-state index contributed by atoms with van der Waals surface area (Å²) in [7, 11) is -4.48. The van der Waals surface area contributed by atoms with Gasteiger partial charge in [0.2, 0.25) is 10.0 Å². The lowest BCUT2D eigenvalue weighted by Gasteiger charge is -2.21. The normalized spacial score (nSPS) is 13.4. The van der Waals surface area contributed by atoms with Gasteiger partial charge in [0, 0.05) is 0 Å². The number of alkyl halides is 5. The molecule has 2 N–H and O–H groups in total. The number of hydrogen-bond donors (Lipinski definition) is 1. The fourth-order valence-corrected chi connectivity index (χ4v) is 1.62. The molecule has 102 valence electrons. The Morgan fingerprint density at radius 1 is 1.06 bits per heavy atom. The van der Waals surface area contributed by atoms with Crippen molar-refractivity contribution < 1.29 is 35.1 Å². The molecule has 1 aromatic rings. The van der Waals surface area contributed by atoms with E-state index in [4.69, 9.17) is 0 Å². The van der Waals surface area contributed by atoms with Crippen LogP contribution in [0.25, 0.3) is 0 Å². The maximum atomic E-state index is 12.6. The molecule has 4 nitrogen and oxygen atoms in total. The third-order valence-electron chi connectivity index (χ3n) is 1.72. The van der Waals surface area contributed by atoms with Crippen LogP contribution in [0.5, 0.6) is 5.75 Å². The third-order valence-corrected chi connectivity index (χ3v) is 2.67. The Morgan fingerprint density at radius 2 is 1.56 bits per heavy atom. The molecular weight excluding hydrogens is 285 g/mol. The molecule has 0 saturated carbocycles. The molecule has 18 heavy (non-hydrogen) atoms. The third kappa shape index (κ3) is 3.07. The van der Waals surface area contributed by atoms with Crippen LogP contribution >= 0.6 is 0 Å². The van der Waals surface area contributed by atoms with E-state index in [0.29, 0.717) is 6.07 Å². The Kier molecular flexibility index (Phi) is 3.54. The van der Waals surface area contributed by atoms with Gasteiger partial charge >= 0.3 is 12.3 Å². The highest BCUT2D eigenvalue weighted by Gasteiger charge is 2.61. The SMILES string of the molecule is NS(=O)(=O)c1ccccc1OC(F)(F)C(F)(F)F. The Labute approximate surface area is 98.2 Å². The van der Waals surface area contributed by atoms with E-state index in [1.165, 1.54) is 0 Å². The molecule has 0 atom stereocenters. The van der Waals surface area contributed by atoms with E-state index in [1.54, 1.807) is 0 Å². The summed E-state index contributed by atoms with van der Waals surface area (Å²) in [5.74, 6) is -1.18. The van der Waals surface area contributed by atoms with Crippen LogP contribution in [0.4, 0.5) is 22.0 Å². The van der Waals surface area contributed by atoms with Gasteiger partial charge < -0.3 is 4.74 Å². The zero-order valence-electron chi connectivity index (χ0n) is 8.41. The summed E-state index contributed by atoms with van der Waals surface area (Å²) in [4.78, 5) is -0.964. The van der Waals surface area contributed by atoms with E-state index >= 15 is 0 Å². The lowest BCUT2D eigenvalue weighted by molar-refractivity contribution is -0.361. The summed E-state index contributed by atoms with van der Waals surface area (Å²) >= 11 is 0. The highest BCUT2D eigenvalue weighted by molar-refractivity contribution is 7.89. The first-order valence-corrected chi connectivity index (χ1v) is 5.75. The van der Waals surface area contributed by atoms with Crippen LogP contribution < -0.4 is 9.88 Å². The van der Waals surface area contributed by atoms with Gasteiger partial charge in [-0.3, -0.25) is 0 Å².